The van der Waals surface area contributed by atoms with Crippen molar-refractivity contribution in [2.45, 2.75) is 37.3 Å². The highest BCUT2D eigenvalue weighted by Gasteiger charge is 2.29. The topological polar surface area (TPSA) is 66.4 Å². The van der Waals surface area contributed by atoms with Gasteiger partial charge in [-0.1, -0.05) is 12.1 Å². The lowest BCUT2D eigenvalue weighted by atomic mass is 10.2. The van der Waals surface area contributed by atoms with Crippen LogP contribution in [0.15, 0.2) is 23.1 Å². The van der Waals surface area contributed by atoms with Gasteiger partial charge in [0.2, 0.25) is 10.0 Å². The van der Waals surface area contributed by atoms with Crippen LogP contribution < -0.4 is 4.72 Å². The Kier molecular flexibility index (Phi) is 3.01. The van der Waals surface area contributed by atoms with Gasteiger partial charge in [0.15, 0.2) is 0 Å². The monoisotopic (exact) mass is 241 g/mol. The highest BCUT2D eigenvalue weighted by atomic mass is 32.2. The molecule has 0 amide bonds. The predicted octanol–water partition coefficient (Wildman–Crippen LogP) is 0.928. The molecule has 4 nitrogen and oxygen atoms in total. The number of nitrogens with one attached hydrogen (secondary N) is 1. The SMILES string of the molecule is Cc1ccc(CO)c(S(=O)(=O)NC2CC2)c1. The Morgan fingerprint density at radius 3 is 2.69 bits per heavy atom. The van der Waals surface area contributed by atoms with Gasteiger partial charge < -0.3 is 5.11 Å². The second-order valence-electron chi connectivity index (χ2n) is 4.16. The molecule has 0 aliphatic heterocycles. The van der Waals surface area contributed by atoms with Gasteiger partial charge in [-0.05, 0) is 37.0 Å². The van der Waals surface area contributed by atoms with Gasteiger partial charge in [-0.2, -0.15) is 0 Å². The summed E-state index contributed by atoms with van der Waals surface area (Å²) in [5.74, 6) is 0. The smallest absolute Gasteiger partial charge is 0.241 e. The van der Waals surface area contributed by atoms with Gasteiger partial charge in [0.05, 0.1) is 11.5 Å². The molecule has 0 bridgehead atoms. The minimum atomic E-state index is -3.47. The molecule has 0 spiro atoms. The van der Waals surface area contributed by atoms with Crippen LogP contribution in [0.3, 0.4) is 0 Å². The Balaban J connectivity index is 2.40. The van der Waals surface area contributed by atoms with Crippen molar-refractivity contribution < 1.29 is 13.5 Å². The largest absolute Gasteiger partial charge is 0.392 e. The summed E-state index contributed by atoms with van der Waals surface area (Å²) in [6, 6.07) is 5.12. The van der Waals surface area contributed by atoms with Crippen LogP contribution in [0.25, 0.3) is 0 Å². The van der Waals surface area contributed by atoms with E-state index in [1.54, 1.807) is 18.2 Å². The van der Waals surface area contributed by atoms with E-state index in [9.17, 15) is 8.42 Å². The molecule has 1 saturated carbocycles. The molecule has 5 heteroatoms. The molecule has 1 aliphatic carbocycles. The number of aliphatic hydroxyl groups excluding tert-OH is 1. The van der Waals surface area contributed by atoms with Crippen LogP contribution in [0.5, 0.6) is 0 Å². The average Bonchev–Trinajstić information content (AvgIpc) is 3.01. The van der Waals surface area contributed by atoms with Crippen LogP contribution in [0.4, 0.5) is 0 Å². The summed E-state index contributed by atoms with van der Waals surface area (Å²) in [4.78, 5) is 0.196. The van der Waals surface area contributed by atoms with Crippen molar-refractivity contribution in [3.8, 4) is 0 Å². The third-order valence-electron chi connectivity index (χ3n) is 2.58. The van der Waals surface area contributed by atoms with Gasteiger partial charge >= 0.3 is 0 Å². The van der Waals surface area contributed by atoms with E-state index in [1.165, 1.54) is 0 Å². The van der Waals surface area contributed by atoms with E-state index in [0.29, 0.717) is 5.56 Å². The van der Waals surface area contributed by atoms with Gasteiger partial charge in [0, 0.05) is 6.04 Å². The molecule has 0 aromatic heterocycles. The Morgan fingerprint density at radius 1 is 1.44 bits per heavy atom. The van der Waals surface area contributed by atoms with Crippen LogP contribution in [0.1, 0.15) is 24.0 Å². The maximum Gasteiger partial charge on any atom is 0.241 e. The summed E-state index contributed by atoms with van der Waals surface area (Å²) in [6.45, 7) is 1.57. The molecule has 0 radical (unpaired) electrons. The zero-order valence-electron chi connectivity index (χ0n) is 9.10. The van der Waals surface area contributed by atoms with Crippen molar-refractivity contribution in [3.05, 3.63) is 29.3 Å². The minimum Gasteiger partial charge on any atom is -0.392 e. The Bertz CT molecular complexity index is 492. The molecule has 16 heavy (non-hydrogen) atoms. The molecular formula is C11H15NO3S. The molecule has 2 rings (SSSR count). The fourth-order valence-electron chi connectivity index (χ4n) is 1.53. The van der Waals surface area contributed by atoms with Crippen molar-refractivity contribution in [1.82, 2.24) is 4.72 Å². The molecule has 0 heterocycles. The lowest BCUT2D eigenvalue weighted by Crippen LogP contribution is -2.26. The summed E-state index contributed by atoms with van der Waals surface area (Å²) < 4.78 is 26.6. The van der Waals surface area contributed by atoms with Gasteiger partial charge in [-0.15, -0.1) is 0 Å². The Morgan fingerprint density at radius 2 is 2.12 bits per heavy atom. The first-order valence-corrected chi connectivity index (χ1v) is 6.74. The van der Waals surface area contributed by atoms with Crippen molar-refractivity contribution in [1.29, 1.82) is 0 Å². The van der Waals surface area contributed by atoms with Crippen molar-refractivity contribution in [3.63, 3.8) is 0 Å². The van der Waals surface area contributed by atoms with Crippen LogP contribution in [0.2, 0.25) is 0 Å². The zero-order valence-corrected chi connectivity index (χ0v) is 9.92. The number of sulfonamides is 1. The van der Waals surface area contributed by atoms with E-state index >= 15 is 0 Å². The number of hydrogen-bond acceptors (Lipinski definition) is 3. The van der Waals surface area contributed by atoms with Crippen LogP contribution in [-0.4, -0.2) is 19.6 Å². The molecule has 2 N–H and O–H groups in total. The number of hydrogen-bond donors (Lipinski definition) is 2. The molecule has 88 valence electrons. The van der Waals surface area contributed by atoms with Crippen LogP contribution in [0, 0.1) is 6.92 Å². The number of aliphatic hydroxyl groups is 1. The minimum absolute atomic E-state index is 0.0806. The lowest BCUT2D eigenvalue weighted by molar-refractivity contribution is 0.278. The number of aryl methyl sites for hydroxylation is 1. The second kappa shape index (κ2) is 4.16. The van der Waals surface area contributed by atoms with E-state index in [4.69, 9.17) is 5.11 Å². The van der Waals surface area contributed by atoms with E-state index in [1.807, 2.05) is 6.92 Å². The Labute approximate surface area is 95.4 Å². The first-order valence-electron chi connectivity index (χ1n) is 5.25. The number of rotatable bonds is 4. The summed E-state index contributed by atoms with van der Waals surface area (Å²) in [5, 5.41) is 9.13. The van der Waals surface area contributed by atoms with Gasteiger partial charge in [-0.25, -0.2) is 13.1 Å². The van der Waals surface area contributed by atoms with E-state index in [0.717, 1.165) is 18.4 Å². The molecule has 1 aliphatic rings. The van der Waals surface area contributed by atoms with E-state index in [-0.39, 0.29) is 17.5 Å². The quantitative estimate of drug-likeness (QED) is 0.824. The van der Waals surface area contributed by atoms with Crippen LogP contribution >= 0.6 is 0 Å². The normalized spacial score (nSPS) is 16.4. The highest BCUT2D eigenvalue weighted by Crippen LogP contribution is 2.24. The highest BCUT2D eigenvalue weighted by molar-refractivity contribution is 7.89. The fourth-order valence-corrected chi connectivity index (χ4v) is 3.15. The average molecular weight is 241 g/mol. The van der Waals surface area contributed by atoms with Crippen molar-refractivity contribution >= 4 is 10.0 Å². The maximum atomic E-state index is 12.0. The standard InChI is InChI=1S/C11H15NO3S/c1-8-2-3-9(7-13)11(6-8)16(14,15)12-10-4-5-10/h2-3,6,10,12-13H,4-5,7H2,1H3. The molecule has 1 aromatic rings. The summed E-state index contributed by atoms with van der Waals surface area (Å²) >= 11 is 0. The second-order valence-corrected chi connectivity index (χ2v) is 5.85. The fraction of sp³-hybridized carbons (Fsp3) is 0.455. The summed E-state index contributed by atoms with van der Waals surface area (Å²) in [6.07, 6.45) is 1.80. The van der Waals surface area contributed by atoms with Crippen molar-refractivity contribution in [2.24, 2.45) is 0 Å². The number of benzene rings is 1. The Hall–Kier alpha value is -0.910. The molecule has 0 saturated heterocycles. The maximum absolute atomic E-state index is 12.0. The van der Waals surface area contributed by atoms with Crippen molar-refractivity contribution in [2.75, 3.05) is 0 Å². The summed E-state index contributed by atoms with van der Waals surface area (Å²) in [5.41, 5.74) is 1.31. The first kappa shape index (κ1) is 11.6. The third-order valence-corrected chi connectivity index (χ3v) is 4.18. The first-order chi connectivity index (χ1) is 7.53. The van der Waals surface area contributed by atoms with Gasteiger partial charge in [0.1, 0.15) is 0 Å². The molecule has 0 atom stereocenters. The predicted molar refractivity (Wildman–Crippen MR) is 60.4 cm³/mol. The van der Waals surface area contributed by atoms with E-state index in [2.05, 4.69) is 4.72 Å². The molecular weight excluding hydrogens is 226 g/mol. The molecule has 0 unspecified atom stereocenters. The third kappa shape index (κ3) is 2.42. The van der Waals surface area contributed by atoms with Crippen LogP contribution in [-0.2, 0) is 16.6 Å². The molecule has 1 aromatic carbocycles. The van der Waals surface area contributed by atoms with Gasteiger partial charge in [-0.3, -0.25) is 0 Å². The summed E-state index contributed by atoms with van der Waals surface area (Å²) in [7, 11) is -3.47. The molecule has 1 fully saturated rings. The lowest BCUT2D eigenvalue weighted by Gasteiger charge is -2.10. The van der Waals surface area contributed by atoms with E-state index < -0.39 is 10.0 Å². The zero-order chi connectivity index (χ0) is 11.8. The van der Waals surface area contributed by atoms with Gasteiger partial charge in [0.25, 0.3) is 0 Å².